The van der Waals surface area contributed by atoms with Crippen molar-refractivity contribution in [3.8, 4) is 0 Å². The van der Waals surface area contributed by atoms with Gasteiger partial charge in [-0.1, -0.05) is 18.2 Å². The van der Waals surface area contributed by atoms with Crippen molar-refractivity contribution in [2.75, 3.05) is 0 Å². The Kier molecular flexibility index (Phi) is 4.34. The molecule has 0 aliphatic heterocycles. The van der Waals surface area contributed by atoms with Crippen LogP contribution in [0, 0.1) is 0 Å². The molecule has 2 rings (SSSR count). The van der Waals surface area contributed by atoms with Crippen molar-refractivity contribution in [3.63, 3.8) is 0 Å². The zero-order chi connectivity index (χ0) is 16.3. The first kappa shape index (κ1) is 15.8. The average Bonchev–Trinajstić information content (AvgIpc) is 2.47. The van der Waals surface area contributed by atoms with Crippen LogP contribution >= 0.6 is 0 Å². The molecule has 0 amide bonds. The van der Waals surface area contributed by atoms with Gasteiger partial charge in [0, 0.05) is 6.42 Å². The van der Waals surface area contributed by atoms with Crippen LogP contribution in [0.3, 0.4) is 0 Å². The molecule has 114 valence electrons. The Morgan fingerprint density at radius 1 is 1.05 bits per heavy atom. The number of carboxylic acid groups (broad SMARTS) is 1. The molecule has 0 radical (unpaired) electrons. The van der Waals surface area contributed by atoms with E-state index < -0.39 is 16.0 Å². The van der Waals surface area contributed by atoms with E-state index in [4.69, 9.17) is 10.2 Å². The fraction of sp³-hybridized carbons (Fsp3) is 0.0714. The van der Waals surface area contributed by atoms with Crippen molar-refractivity contribution >= 4 is 21.8 Å². The van der Waals surface area contributed by atoms with E-state index in [0.29, 0.717) is 5.56 Å². The molecule has 2 aromatic rings. The molecular formula is C14H12N2O5S. The first-order valence-electron chi connectivity index (χ1n) is 6.12. The third-order valence-electron chi connectivity index (χ3n) is 2.87. The predicted octanol–water partition coefficient (Wildman–Crippen LogP) is 0.853. The zero-order valence-corrected chi connectivity index (χ0v) is 12.1. The Balaban J connectivity index is 2.18. The quantitative estimate of drug-likeness (QED) is 0.786. The summed E-state index contributed by atoms with van der Waals surface area (Å²) >= 11 is 0. The average molecular weight is 320 g/mol. The van der Waals surface area contributed by atoms with Crippen molar-refractivity contribution in [2.45, 2.75) is 11.3 Å². The first-order valence-corrected chi connectivity index (χ1v) is 7.67. The summed E-state index contributed by atoms with van der Waals surface area (Å²) < 4.78 is 22.3. The number of pyridine rings is 1. The molecule has 0 aliphatic carbocycles. The molecule has 0 bridgehead atoms. The molecule has 0 unspecified atom stereocenters. The number of carbonyl (C=O) groups excluding carboxylic acids is 1. The van der Waals surface area contributed by atoms with Gasteiger partial charge in [-0.2, -0.15) is 0 Å². The van der Waals surface area contributed by atoms with Crippen molar-refractivity contribution in [1.82, 2.24) is 4.98 Å². The minimum atomic E-state index is -3.78. The summed E-state index contributed by atoms with van der Waals surface area (Å²) in [6, 6.07) is 9.71. The van der Waals surface area contributed by atoms with E-state index in [2.05, 4.69) is 4.98 Å². The second-order valence-corrected chi connectivity index (χ2v) is 6.06. The van der Waals surface area contributed by atoms with E-state index in [0.717, 1.165) is 0 Å². The van der Waals surface area contributed by atoms with Crippen molar-refractivity contribution in [2.24, 2.45) is 5.14 Å². The highest BCUT2D eigenvalue weighted by molar-refractivity contribution is 7.89. The third-order valence-corrected chi connectivity index (χ3v) is 3.80. The number of hydrogen-bond acceptors (Lipinski definition) is 5. The minimum absolute atomic E-state index is 0.0268. The molecule has 1 heterocycles. The van der Waals surface area contributed by atoms with E-state index >= 15 is 0 Å². The summed E-state index contributed by atoms with van der Waals surface area (Å²) in [6.07, 6.45) is -0.0268. The van der Waals surface area contributed by atoms with Crippen LogP contribution in [0.25, 0.3) is 0 Å². The molecule has 22 heavy (non-hydrogen) atoms. The maximum absolute atomic E-state index is 12.1. The Morgan fingerprint density at radius 3 is 2.18 bits per heavy atom. The van der Waals surface area contributed by atoms with Gasteiger partial charge in [0.25, 0.3) is 0 Å². The van der Waals surface area contributed by atoms with Crippen LogP contribution < -0.4 is 5.14 Å². The number of ketones is 1. The molecule has 0 spiro atoms. The van der Waals surface area contributed by atoms with E-state index in [1.54, 1.807) is 0 Å². The van der Waals surface area contributed by atoms with Gasteiger partial charge in [0.15, 0.2) is 5.78 Å². The van der Waals surface area contributed by atoms with Crippen LogP contribution in [0.5, 0.6) is 0 Å². The molecule has 0 saturated carbocycles. The number of primary sulfonamides is 1. The van der Waals surface area contributed by atoms with E-state index in [9.17, 15) is 18.0 Å². The van der Waals surface area contributed by atoms with Crippen molar-refractivity contribution < 1.29 is 23.1 Å². The highest BCUT2D eigenvalue weighted by Gasteiger charge is 2.13. The van der Waals surface area contributed by atoms with Crippen LogP contribution in [0.1, 0.15) is 26.5 Å². The number of aromatic carboxylic acids is 1. The van der Waals surface area contributed by atoms with Gasteiger partial charge >= 0.3 is 5.97 Å². The highest BCUT2D eigenvalue weighted by atomic mass is 32.2. The largest absolute Gasteiger partial charge is 0.477 e. The SMILES string of the molecule is NS(=O)(=O)c1ccc(CC(=O)c2cccc(C(=O)O)n2)cc1. The van der Waals surface area contributed by atoms with Gasteiger partial charge < -0.3 is 5.11 Å². The number of Topliss-reactive ketones (excluding diaryl/α,β-unsaturated/α-hetero) is 1. The van der Waals surface area contributed by atoms with Gasteiger partial charge in [0.05, 0.1) is 4.90 Å². The lowest BCUT2D eigenvalue weighted by Gasteiger charge is -2.03. The standard InChI is InChI=1S/C14H12N2O5S/c15-22(20,21)10-6-4-9(5-7-10)8-13(17)11-2-1-3-12(16-11)14(18)19/h1-7H,8H2,(H,18,19)(H2,15,20,21). The lowest BCUT2D eigenvalue weighted by molar-refractivity contribution is 0.0690. The molecule has 8 heteroatoms. The Hall–Kier alpha value is -2.58. The Morgan fingerprint density at radius 2 is 1.64 bits per heavy atom. The van der Waals surface area contributed by atoms with Gasteiger partial charge in [-0.25, -0.2) is 23.3 Å². The van der Waals surface area contributed by atoms with Crippen LogP contribution in [0.4, 0.5) is 0 Å². The molecule has 0 atom stereocenters. The monoisotopic (exact) mass is 320 g/mol. The number of nitrogens with zero attached hydrogens (tertiary/aromatic N) is 1. The Bertz CT molecular complexity index is 829. The maximum Gasteiger partial charge on any atom is 0.354 e. The first-order chi connectivity index (χ1) is 10.3. The number of carboxylic acids is 1. The molecule has 3 N–H and O–H groups in total. The maximum atomic E-state index is 12.1. The molecule has 0 fully saturated rings. The summed E-state index contributed by atoms with van der Waals surface area (Å²) in [5.74, 6) is -1.58. The van der Waals surface area contributed by atoms with Crippen molar-refractivity contribution in [1.29, 1.82) is 0 Å². The van der Waals surface area contributed by atoms with Gasteiger partial charge in [0.2, 0.25) is 10.0 Å². The van der Waals surface area contributed by atoms with Gasteiger partial charge in [0.1, 0.15) is 11.4 Å². The van der Waals surface area contributed by atoms with Crippen LogP contribution in [0.15, 0.2) is 47.4 Å². The summed E-state index contributed by atoms with van der Waals surface area (Å²) in [6.45, 7) is 0. The minimum Gasteiger partial charge on any atom is -0.477 e. The number of nitrogens with two attached hydrogens (primary N) is 1. The second kappa shape index (κ2) is 6.04. The summed E-state index contributed by atoms with van der Waals surface area (Å²) in [7, 11) is -3.78. The smallest absolute Gasteiger partial charge is 0.354 e. The predicted molar refractivity (Wildman–Crippen MR) is 77.0 cm³/mol. The van der Waals surface area contributed by atoms with Gasteiger partial charge in [-0.15, -0.1) is 0 Å². The van der Waals surface area contributed by atoms with E-state index in [1.165, 1.54) is 42.5 Å². The van der Waals surface area contributed by atoms with E-state index in [-0.39, 0.29) is 28.5 Å². The fourth-order valence-corrected chi connectivity index (χ4v) is 2.30. The lowest BCUT2D eigenvalue weighted by atomic mass is 10.1. The van der Waals surface area contributed by atoms with Crippen LogP contribution in [-0.2, 0) is 16.4 Å². The number of carbonyl (C=O) groups is 2. The van der Waals surface area contributed by atoms with Crippen LogP contribution in [0.2, 0.25) is 0 Å². The summed E-state index contributed by atoms with van der Waals surface area (Å²) in [4.78, 5) is 26.6. The lowest BCUT2D eigenvalue weighted by Crippen LogP contribution is -2.12. The Labute approximate surface area is 126 Å². The topological polar surface area (TPSA) is 127 Å². The fourth-order valence-electron chi connectivity index (χ4n) is 1.78. The highest BCUT2D eigenvalue weighted by Crippen LogP contribution is 2.11. The number of sulfonamides is 1. The van der Waals surface area contributed by atoms with Gasteiger partial charge in [-0.05, 0) is 29.8 Å². The van der Waals surface area contributed by atoms with Crippen molar-refractivity contribution in [3.05, 3.63) is 59.4 Å². The summed E-state index contributed by atoms with van der Waals surface area (Å²) in [5, 5.41) is 13.8. The number of hydrogen-bond donors (Lipinski definition) is 2. The van der Waals surface area contributed by atoms with Gasteiger partial charge in [-0.3, -0.25) is 4.79 Å². The number of benzene rings is 1. The molecule has 0 saturated heterocycles. The summed E-state index contributed by atoms with van der Waals surface area (Å²) in [5.41, 5.74) is 0.394. The molecular weight excluding hydrogens is 308 g/mol. The second-order valence-electron chi connectivity index (χ2n) is 4.50. The number of aromatic nitrogens is 1. The zero-order valence-electron chi connectivity index (χ0n) is 11.3. The molecule has 7 nitrogen and oxygen atoms in total. The normalized spacial score (nSPS) is 11.1. The third kappa shape index (κ3) is 3.74. The number of rotatable bonds is 5. The molecule has 1 aromatic heterocycles. The molecule has 1 aromatic carbocycles. The van der Waals surface area contributed by atoms with E-state index in [1.807, 2.05) is 0 Å². The van der Waals surface area contributed by atoms with Crippen LogP contribution in [-0.4, -0.2) is 30.3 Å². The molecule has 0 aliphatic rings.